The fourth-order valence-electron chi connectivity index (χ4n) is 2.37. The molecule has 144 valence electrons. The second kappa shape index (κ2) is 9.92. The van der Waals surface area contributed by atoms with E-state index in [1.807, 2.05) is 49.4 Å². The Morgan fingerprint density at radius 1 is 1.00 bits per heavy atom. The third-order valence-corrected chi connectivity index (χ3v) is 5.08. The van der Waals surface area contributed by atoms with Crippen molar-refractivity contribution in [2.45, 2.75) is 6.92 Å². The van der Waals surface area contributed by atoms with Gasteiger partial charge in [0.15, 0.2) is 0 Å². The van der Waals surface area contributed by atoms with Crippen LogP contribution in [0, 0.1) is 0 Å². The van der Waals surface area contributed by atoms with Gasteiger partial charge < -0.3 is 9.47 Å². The Kier molecular flexibility index (Phi) is 7.06. The number of rotatable bonds is 8. The SMILES string of the molecule is C/C(=N/NC(=O)c1ccccc1OCCOc1ccccc1)c1ccc(Cl)s1. The maximum Gasteiger partial charge on any atom is 0.275 e. The summed E-state index contributed by atoms with van der Waals surface area (Å²) in [6.45, 7) is 2.50. The van der Waals surface area contributed by atoms with Crippen LogP contribution in [-0.4, -0.2) is 24.8 Å². The molecule has 0 aliphatic rings. The molecule has 1 N–H and O–H groups in total. The van der Waals surface area contributed by atoms with Gasteiger partial charge in [0.25, 0.3) is 5.91 Å². The molecule has 0 saturated carbocycles. The zero-order chi connectivity index (χ0) is 19.8. The predicted molar refractivity (Wildman–Crippen MR) is 113 cm³/mol. The predicted octanol–water partition coefficient (Wildman–Crippen LogP) is 5.01. The second-order valence-electron chi connectivity index (χ2n) is 5.75. The van der Waals surface area contributed by atoms with Gasteiger partial charge in [0, 0.05) is 0 Å². The fourth-order valence-corrected chi connectivity index (χ4v) is 3.35. The monoisotopic (exact) mass is 414 g/mol. The van der Waals surface area contributed by atoms with E-state index >= 15 is 0 Å². The van der Waals surface area contributed by atoms with Gasteiger partial charge in [0.2, 0.25) is 0 Å². The molecule has 2 aromatic carbocycles. The summed E-state index contributed by atoms with van der Waals surface area (Å²) < 4.78 is 12.0. The van der Waals surface area contributed by atoms with Crippen LogP contribution >= 0.6 is 22.9 Å². The molecule has 0 saturated heterocycles. The van der Waals surface area contributed by atoms with Crippen LogP contribution in [0.2, 0.25) is 4.34 Å². The molecule has 5 nitrogen and oxygen atoms in total. The van der Waals surface area contributed by atoms with Crippen molar-refractivity contribution in [1.82, 2.24) is 5.43 Å². The van der Waals surface area contributed by atoms with E-state index in [2.05, 4.69) is 10.5 Å². The van der Waals surface area contributed by atoms with Crippen LogP contribution in [0.5, 0.6) is 11.5 Å². The average molecular weight is 415 g/mol. The molecule has 28 heavy (non-hydrogen) atoms. The summed E-state index contributed by atoms with van der Waals surface area (Å²) in [6, 6.07) is 20.2. The lowest BCUT2D eigenvalue weighted by atomic mass is 10.2. The highest BCUT2D eigenvalue weighted by Gasteiger charge is 2.12. The highest BCUT2D eigenvalue weighted by Crippen LogP contribution is 2.22. The van der Waals surface area contributed by atoms with E-state index in [4.69, 9.17) is 21.1 Å². The van der Waals surface area contributed by atoms with Crippen molar-refractivity contribution >= 4 is 34.6 Å². The molecule has 0 atom stereocenters. The van der Waals surface area contributed by atoms with Gasteiger partial charge in [0.05, 0.1) is 20.5 Å². The van der Waals surface area contributed by atoms with Crippen LogP contribution in [0.25, 0.3) is 0 Å². The molecule has 7 heteroatoms. The molecular weight excluding hydrogens is 396 g/mol. The summed E-state index contributed by atoms with van der Waals surface area (Å²) >= 11 is 7.34. The number of hydrogen-bond donors (Lipinski definition) is 1. The van der Waals surface area contributed by atoms with Crippen molar-refractivity contribution in [3.63, 3.8) is 0 Å². The molecule has 1 amide bonds. The molecule has 0 unspecified atom stereocenters. The van der Waals surface area contributed by atoms with Crippen molar-refractivity contribution < 1.29 is 14.3 Å². The van der Waals surface area contributed by atoms with E-state index in [0.717, 1.165) is 10.6 Å². The Balaban J connectivity index is 1.57. The summed E-state index contributed by atoms with van der Waals surface area (Å²) in [6.07, 6.45) is 0. The lowest BCUT2D eigenvalue weighted by molar-refractivity contribution is 0.0949. The van der Waals surface area contributed by atoms with Crippen molar-refractivity contribution in [3.8, 4) is 11.5 Å². The standard InChI is InChI=1S/C21H19ClN2O3S/c1-15(19-11-12-20(22)28-19)23-24-21(25)17-9-5-6-10-18(17)27-14-13-26-16-7-3-2-4-8-16/h2-12H,13-14H2,1H3,(H,24,25)/b23-15-. The van der Waals surface area contributed by atoms with Crippen LogP contribution in [-0.2, 0) is 0 Å². The Hall–Kier alpha value is -2.83. The Morgan fingerprint density at radius 3 is 2.46 bits per heavy atom. The number of carbonyl (C=O) groups is 1. The zero-order valence-electron chi connectivity index (χ0n) is 15.2. The van der Waals surface area contributed by atoms with Gasteiger partial charge in [0.1, 0.15) is 24.7 Å². The first-order valence-corrected chi connectivity index (χ1v) is 9.83. The number of hydrazone groups is 1. The van der Waals surface area contributed by atoms with Gasteiger partial charge in [-0.25, -0.2) is 5.43 Å². The first-order chi connectivity index (χ1) is 13.6. The maximum absolute atomic E-state index is 12.5. The van der Waals surface area contributed by atoms with Crippen molar-refractivity contribution in [2.24, 2.45) is 5.10 Å². The number of thiophene rings is 1. The van der Waals surface area contributed by atoms with Crippen LogP contribution in [0.15, 0.2) is 71.8 Å². The summed E-state index contributed by atoms with van der Waals surface area (Å²) in [5.41, 5.74) is 3.65. The van der Waals surface area contributed by atoms with Crippen molar-refractivity contribution in [2.75, 3.05) is 13.2 Å². The smallest absolute Gasteiger partial charge is 0.275 e. The quantitative estimate of drug-likeness (QED) is 0.320. The normalized spacial score (nSPS) is 11.1. The third kappa shape index (κ3) is 5.58. The minimum absolute atomic E-state index is 0.315. The van der Waals surface area contributed by atoms with Gasteiger partial charge in [-0.15, -0.1) is 11.3 Å². The molecule has 1 heterocycles. The van der Waals surface area contributed by atoms with Crippen LogP contribution < -0.4 is 14.9 Å². The molecule has 1 aromatic heterocycles. The Bertz CT molecular complexity index is 957. The summed E-state index contributed by atoms with van der Waals surface area (Å²) in [4.78, 5) is 13.4. The number of nitrogens with one attached hydrogen (secondary N) is 1. The number of nitrogens with zero attached hydrogens (tertiary/aromatic N) is 1. The Morgan fingerprint density at radius 2 is 1.71 bits per heavy atom. The van der Waals surface area contributed by atoms with Crippen LogP contribution in [0.4, 0.5) is 0 Å². The highest BCUT2D eigenvalue weighted by atomic mass is 35.5. The fraction of sp³-hybridized carbons (Fsp3) is 0.143. The lowest BCUT2D eigenvalue weighted by Crippen LogP contribution is -2.20. The van der Waals surface area contributed by atoms with Crippen LogP contribution in [0.3, 0.4) is 0 Å². The average Bonchev–Trinajstić information content (AvgIpc) is 3.17. The first-order valence-electron chi connectivity index (χ1n) is 8.63. The zero-order valence-corrected chi connectivity index (χ0v) is 16.8. The van der Waals surface area contributed by atoms with E-state index in [0.29, 0.717) is 34.6 Å². The van der Waals surface area contributed by atoms with Gasteiger partial charge in [-0.1, -0.05) is 41.9 Å². The molecule has 0 radical (unpaired) electrons. The molecule has 0 bridgehead atoms. The second-order valence-corrected chi connectivity index (χ2v) is 7.46. The third-order valence-electron chi connectivity index (χ3n) is 3.74. The van der Waals surface area contributed by atoms with Gasteiger partial charge >= 0.3 is 0 Å². The van der Waals surface area contributed by atoms with E-state index in [1.165, 1.54) is 11.3 Å². The number of halogens is 1. The number of benzene rings is 2. The molecule has 0 aliphatic heterocycles. The summed E-state index contributed by atoms with van der Waals surface area (Å²) in [5.74, 6) is 0.904. The topological polar surface area (TPSA) is 59.9 Å². The summed E-state index contributed by atoms with van der Waals surface area (Å²) in [5, 5.41) is 4.15. The molecule has 0 aliphatic carbocycles. The van der Waals surface area contributed by atoms with E-state index in [1.54, 1.807) is 24.3 Å². The minimum Gasteiger partial charge on any atom is -0.490 e. The number of amides is 1. The van der Waals surface area contributed by atoms with E-state index in [-0.39, 0.29) is 5.91 Å². The Labute approximate surface area is 172 Å². The molecule has 3 aromatic rings. The molecule has 0 spiro atoms. The van der Waals surface area contributed by atoms with E-state index < -0.39 is 0 Å². The molecular formula is C21H19ClN2O3S. The highest BCUT2D eigenvalue weighted by molar-refractivity contribution is 7.18. The number of para-hydroxylation sites is 2. The number of ether oxygens (including phenoxy) is 2. The largest absolute Gasteiger partial charge is 0.490 e. The number of carbonyl (C=O) groups excluding carboxylic acids is 1. The van der Waals surface area contributed by atoms with Gasteiger partial charge in [-0.3, -0.25) is 4.79 Å². The number of hydrogen-bond acceptors (Lipinski definition) is 5. The van der Waals surface area contributed by atoms with Crippen LogP contribution in [0.1, 0.15) is 22.2 Å². The van der Waals surface area contributed by atoms with Gasteiger partial charge in [-0.05, 0) is 43.3 Å². The first kappa shape index (κ1) is 19.9. The lowest BCUT2D eigenvalue weighted by Gasteiger charge is -2.11. The molecule has 0 fully saturated rings. The van der Waals surface area contributed by atoms with Crippen molar-refractivity contribution in [3.05, 3.63) is 81.5 Å². The van der Waals surface area contributed by atoms with Gasteiger partial charge in [-0.2, -0.15) is 5.10 Å². The van der Waals surface area contributed by atoms with Crippen molar-refractivity contribution in [1.29, 1.82) is 0 Å². The minimum atomic E-state index is -0.346. The summed E-state index contributed by atoms with van der Waals surface area (Å²) in [7, 11) is 0. The van der Waals surface area contributed by atoms with E-state index in [9.17, 15) is 4.79 Å². The molecule has 3 rings (SSSR count). The maximum atomic E-state index is 12.5.